The summed E-state index contributed by atoms with van der Waals surface area (Å²) in [5.74, 6) is -0.862. The number of hydrogen-bond acceptors (Lipinski definition) is 3. The highest BCUT2D eigenvalue weighted by Crippen LogP contribution is 2.19. The van der Waals surface area contributed by atoms with Crippen LogP contribution in [0.15, 0.2) is 30.3 Å². The third-order valence-corrected chi connectivity index (χ3v) is 3.40. The third kappa shape index (κ3) is 3.55. The number of carbonyl (C=O) groups excluding carboxylic acids is 1. The summed E-state index contributed by atoms with van der Waals surface area (Å²) < 4.78 is 5.30. The van der Waals surface area contributed by atoms with E-state index in [4.69, 9.17) is 4.74 Å². The lowest BCUT2D eigenvalue weighted by atomic mass is 9.96. The smallest absolute Gasteiger partial charge is 0.238 e. The van der Waals surface area contributed by atoms with Crippen LogP contribution in [0.4, 0.5) is 0 Å². The van der Waals surface area contributed by atoms with Gasteiger partial charge in [-0.25, -0.2) is 0 Å². The van der Waals surface area contributed by atoms with Gasteiger partial charge in [-0.05, 0) is 25.3 Å². The average molecular weight is 258 g/mol. The Bertz CT molecular complexity index is 473. The minimum Gasteiger partial charge on any atom is -0.379 e. The van der Waals surface area contributed by atoms with Crippen molar-refractivity contribution in [2.75, 3.05) is 13.2 Å². The van der Waals surface area contributed by atoms with Gasteiger partial charge in [0.1, 0.15) is 5.92 Å². The van der Waals surface area contributed by atoms with E-state index in [0.717, 1.165) is 12.0 Å². The largest absolute Gasteiger partial charge is 0.379 e. The zero-order valence-electron chi connectivity index (χ0n) is 11.1. The van der Waals surface area contributed by atoms with Crippen molar-refractivity contribution in [2.45, 2.75) is 25.3 Å². The van der Waals surface area contributed by atoms with Crippen molar-refractivity contribution in [1.29, 1.82) is 5.26 Å². The maximum absolute atomic E-state index is 12.2. The molecule has 0 aromatic heterocycles. The Kier molecular flexibility index (Phi) is 4.18. The summed E-state index contributed by atoms with van der Waals surface area (Å²) in [5, 5.41) is 12.1. The highest BCUT2D eigenvalue weighted by molar-refractivity contribution is 5.82. The number of rotatable bonds is 4. The SMILES string of the molecule is CC1(NC(=O)C(C#N)Cc2ccccc2)CCOC1. The quantitative estimate of drug-likeness (QED) is 0.893. The molecule has 2 unspecified atom stereocenters. The molecule has 100 valence electrons. The summed E-state index contributed by atoms with van der Waals surface area (Å²) >= 11 is 0. The molecule has 1 aromatic carbocycles. The predicted molar refractivity (Wildman–Crippen MR) is 71.2 cm³/mol. The Morgan fingerprint density at radius 3 is 2.84 bits per heavy atom. The van der Waals surface area contributed by atoms with Gasteiger partial charge in [-0.15, -0.1) is 0 Å². The van der Waals surface area contributed by atoms with Gasteiger partial charge < -0.3 is 10.1 Å². The number of nitrogens with one attached hydrogen (secondary N) is 1. The molecule has 1 aliphatic heterocycles. The molecule has 1 amide bonds. The maximum atomic E-state index is 12.2. The highest BCUT2D eigenvalue weighted by Gasteiger charge is 2.33. The number of ether oxygens (including phenoxy) is 1. The van der Waals surface area contributed by atoms with Crippen molar-refractivity contribution in [3.05, 3.63) is 35.9 Å². The van der Waals surface area contributed by atoms with E-state index in [-0.39, 0.29) is 11.4 Å². The molecule has 1 heterocycles. The van der Waals surface area contributed by atoms with E-state index in [1.807, 2.05) is 37.3 Å². The number of nitrogens with zero attached hydrogens (tertiary/aromatic N) is 1. The van der Waals surface area contributed by atoms with Gasteiger partial charge in [-0.2, -0.15) is 5.26 Å². The van der Waals surface area contributed by atoms with Crippen LogP contribution < -0.4 is 5.32 Å². The van der Waals surface area contributed by atoms with Crippen molar-refractivity contribution >= 4 is 5.91 Å². The van der Waals surface area contributed by atoms with Gasteiger partial charge in [0.15, 0.2) is 0 Å². The molecule has 1 N–H and O–H groups in total. The van der Waals surface area contributed by atoms with Crippen molar-refractivity contribution in [3.8, 4) is 6.07 Å². The number of benzene rings is 1. The molecule has 0 bridgehead atoms. The van der Waals surface area contributed by atoms with Gasteiger partial charge in [0, 0.05) is 6.61 Å². The average Bonchev–Trinajstić information content (AvgIpc) is 2.83. The van der Waals surface area contributed by atoms with Gasteiger partial charge in [0.05, 0.1) is 18.2 Å². The molecule has 0 aliphatic carbocycles. The second-order valence-corrected chi connectivity index (χ2v) is 5.22. The number of hydrogen-bond donors (Lipinski definition) is 1. The Morgan fingerprint density at radius 1 is 1.53 bits per heavy atom. The van der Waals surface area contributed by atoms with Gasteiger partial charge in [-0.1, -0.05) is 30.3 Å². The topological polar surface area (TPSA) is 62.1 Å². The van der Waals surface area contributed by atoms with Crippen molar-refractivity contribution in [1.82, 2.24) is 5.32 Å². The number of nitriles is 1. The van der Waals surface area contributed by atoms with E-state index in [9.17, 15) is 10.1 Å². The van der Waals surface area contributed by atoms with Crippen LogP contribution in [0.5, 0.6) is 0 Å². The van der Waals surface area contributed by atoms with Crippen molar-refractivity contribution in [2.24, 2.45) is 5.92 Å². The summed E-state index contributed by atoms with van der Waals surface area (Å²) in [7, 11) is 0. The first-order valence-electron chi connectivity index (χ1n) is 6.46. The minimum absolute atomic E-state index is 0.209. The van der Waals surface area contributed by atoms with E-state index >= 15 is 0 Å². The summed E-state index contributed by atoms with van der Waals surface area (Å²) in [6.45, 7) is 3.13. The first-order valence-corrected chi connectivity index (χ1v) is 6.46. The predicted octanol–water partition coefficient (Wildman–Crippen LogP) is 1.66. The Balaban J connectivity index is 1.98. The molecule has 2 rings (SSSR count). The zero-order valence-corrected chi connectivity index (χ0v) is 11.1. The monoisotopic (exact) mass is 258 g/mol. The fraction of sp³-hybridized carbons (Fsp3) is 0.467. The van der Waals surface area contributed by atoms with E-state index in [0.29, 0.717) is 19.6 Å². The van der Waals surface area contributed by atoms with Crippen molar-refractivity contribution < 1.29 is 9.53 Å². The molecule has 4 nitrogen and oxygen atoms in total. The number of amides is 1. The maximum Gasteiger partial charge on any atom is 0.238 e. The second kappa shape index (κ2) is 5.85. The molecule has 19 heavy (non-hydrogen) atoms. The van der Waals surface area contributed by atoms with Crippen LogP contribution in [-0.2, 0) is 16.0 Å². The minimum atomic E-state index is -0.653. The lowest BCUT2D eigenvalue weighted by molar-refractivity contribution is -0.125. The van der Waals surface area contributed by atoms with Gasteiger partial charge >= 0.3 is 0 Å². The van der Waals surface area contributed by atoms with Crippen LogP contribution in [-0.4, -0.2) is 24.7 Å². The Labute approximate surface area is 113 Å². The normalized spacial score (nSPS) is 23.6. The first-order chi connectivity index (χ1) is 9.13. The summed E-state index contributed by atoms with van der Waals surface area (Å²) in [4.78, 5) is 12.2. The molecule has 1 aliphatic rings. The molecule has 0 radical (unpaired) electrons. The Hall–Kier alpha value is -1.86. The van der Waals surface area contributed by atoms with Crippen LogP contribution in [0.25, 0.3) is 0 Å². The van der Waals surface area contributed by atoms with Crippen LogP contribution >= 0.6 is 0 Å². The summed E-state index contributed by atoms with van der Waals surface area (Å²) in [6.07, 6.45) is 1.24. The first kappa shape index (κ1) is 13.6. The Morgan fingerprint density at radius 2 is 2.26 bits per heavy atom. The molecular formula is C15H18N2O2. The fourth-order valence-corrected chi connectivity index (χ4v) is 2.20. The molecule has 4 heteroatoms. The number of carbonyl (C=O) groups is 1. The van der Waals surface area contributed by atoms with Crippen LogP contribution in [0, 0.1) is 17.2 Å². The molecule has 0 saturated carbocycles. The van der Waals surface area contributed by atoms with Gasteiger partial charge in [-0.3, -0.25) is 4.79 Å². The highest BCUT2D eigenvalue weighted by atomic mass is 16.5. The van der Waals surface area contributed by atoms with Crippen LogP contribution in [0.3, 0.4) is 0 Å². The second-order valence-electron chi connectivity index (χ2n) is 5.22. The van der Waals surface area contributed by atoms with Crippen LogP contribution in [0.1, 0.15) is 18.9 Å². The van der Waals surface area contributed by atoms with E-state index in [1.165, 1.54) is 0 Å². The molecule has 1 saturated heterocycles. The lowest BCUT2D eigenvalue weighted by Gasteiger charge is -2.24. The standard InChI is InChI=1S/C15H18N2O2/c1-15(7-8-19-11-15)17-14(18)13(10-16)9-12-5-3-2-4-6-12/h2-6,13H,7-9,11H2,1H3,(H,17,18). The molecule has 1 fully saturated rings. The lowest BCUT2D eigenvalue weighted by Crippen LogP contribution is -2.48. The van der Waals surface area contributed by atoms with Crippen molar-refractivity contribution in [3.63, 3.8) is 0 Å². The molecule has 2 atom stereocenters. The third-order valence-electron chi connectivity index (χ3n) is 3.40. The van der Waals surface area contributed by atoms with Crippen LogP contribution in [0.2, 0.25) is 0 Å². The molecule has 0 spiro atoms. The summed E-state index contributed by atoms with van der Waals surface area (Å²) in [5.41, 5.74) is 0.667. The fourth-order valence-electron chi connectivity index (χ4n) is 2.20. The van der Waals surface area contributed by atoms with Gasteiger partial charge in [0.25, 0.3) is 0 Å². The summed E-state index contributed by atoms with van der Waals surface area (Å²) in [6, 6.07) is 11.7. The van der Waals surface area contributed by atoms with Gasteiger partial charge in [0.2, 0.25) is 5.91 Å². The van der Waals surface area contributed by atoms with E-state index < -0.39 is 5.92 Å². The van der Waals surface area contributed by atoms with E-state index in [2.05, 4.69) is 11.4 Å². The molecular weight excluding hydrogens is 240 g/mol. The zero-order chi connectivity index (χ0) is 13.7. The molecule has 1 aromatic rings. The van der Waals surface area contributed by atoms with E-state index in [1.54, 1.807) is 0 Å².